The number of anilines is 1. The van der Waals surface area contributed by atoms with Crippen LogP contribution in [0.3, 0.4) is 0 Å². The monoisotopic (exact) mass is 605 g/mol. The molecule has 0 aliphatic rings. The van der Waals surface area contributed by atoms with E-state index in [1.807, 2.05) is 13.8 Å². The zero-order valence-corrected chi connectivity index (χ0v) is 24.0. The van der Waals surface area contributed by atoms with Gasteiger partial charge >= 0.3 is 0 Å². The molecule has 1 N–H and O–H groups in total. The normalized spacial score (nSPS) is 13.1. The van der Waals surface area contributed by atoms with Gasteiger partial charge in [0.05, 0.1) is 11.9 Å². The fraction of sp³-hybridized carbons (Fsp3) is 0.417. The van der Waals surface area contributed by atoms with E-state index in [1.54, 1.807) is 49.4 Å². The molecule has 2 atom stereocenters. The summed E-state index contributed by atoms with van der Waals surface area (Å²) in [6.45, 7) is 5.06. The summed E-state index contributed by atoms with van der Waals surface area (Å²) in [5.74, 6) is -0.885. The summed E-state index contributed by atoms with van der Waals surface area (Å²) < 4.78 is 27.0. The van der Waals surface area contributed by atoms with Gasteiger partial charge in [-0.15, -0.1) is 0 Å². The van der Waals surface area contributed by atoms with Gasteiger partial charge < -0.3 is 10.2 Å². The lowest BCUT2D eigenvalue weighted by molar-refractivity contribution is -0.140. The number of nitrogens with zero attached hydrogens (tertiary/aromatic N) is 2. The predicted molar refractivity (Wildman–Crippen MR) is 145 cm³/mol. The Kier molecular flexibility index (Phi) is 10.9. The van der Waals surface area contributed by atoms with Gasteiger partial charge in [-0.05, 0) is 50.1 Å². The Morgan fingerprint density at radius 3 is 2.17 bits per heavy atom. The van der Waals surface area contributed by atoms with E-state index in [9.17, 15) is 18.0 Å². The van der Waals surface area contributed by atoms with E-state index >= 15 is 0 Å². The van der Waals surface area contributed by atoms with E-state index in [2.05, 4.69) is 21.2 Å². The smallest absolute Gasteiger partial charge is 0.244 e. The zero-order valence-electron chi connectivity index (χ0n) is 20.1. The Morgan fingerprint density at radius 2 is 1.66 bits per heavy atom. The molecule has 192 valence electrons. The zero-order chi connectivity index (χ0) is 26.3. The van der Waals surface area contributed by atoms with Gasteiger partial charge in [-0.3, -0.25) is 13.9 Å². The van der Waals surface area contributed by atoms with E-state index in [0.717, 1.165) is 17.0 Å². The third-order valence-corrected chi connectivity index (χ3v) is 7.89. The highest BCUT2D eigenvalue weighted by Crippen LogP contribution is 2.28. The largest absolute Gasteiger partial charge is 0.352 e. The minimum absolute atomic E-state index is 0.0557. The van der Waals surface area contributed by atoms with Crippen LogP contribution in [0.2, 0.25) is 10.0 Å². The van der Waals surface area contributed by atoms with Gasteiger partial charge in [-0.1, -0.05) is 65.1 Å². The maximum atomic E-state index is 13.7. The van der Waals surface area contributed by atoms with Gasteiger partial charge in [-0.25, -0.2) is 8.42 Å². The number of hydrogen-bond acceptors (Lipinski definition) is 4. The van der Waals surface area contributed by atoms with E-state index in [1.165, 1.54) is 4.90 Å². The van der Waals surface area contributed by atoms with Gasteiger partial charge in [0.15, 0.2) is 0 Å². The summed E-state index contributed by atoms with van der Waals surface area (Å²) in [7, 11) is -3.82. The van der Waals surface area contributed by atoms with Crippen molar-refractivity contribution in [3.63, 3.8) is 0 Å². The fourth-order valence-corrected chi connectivity index (χ4v) is 5.20. The third-order valence-electron chi connectivity index (χ3n) is 5.55. The molecule has 0 radical (unpaired) electrons. The molecule has 0 bridgehead atoms. The van der Waals surface area contributed by atoms with Gasteiger partial charge in [-0.2, -0.15) is 0 Å². The van der Waals surface area contributed by atoms with E-state index in [-0.39, 0.29) is 18.5 Å². The van der Waals surface area contributed by atoms with Crippen LogP contribution in [0.25, 0.3) is 0 Å². The quantitative estimate of drug-likeness (QED) is 0.379. The molecule has 2 rings (SSSR count). The average molecular weight is 607 g/mol. The second-order valence-corrected chi connectivity index (χ2v) is 11.9. The van der Waals surface area contributed by atoms with Crippen LogP contribution in [0.15, 0.2) is 46.9 Å². The summed E-state index contributed by atoms with van der Waals surface area (Å²) in [5, 5.41) is 3.61. The molecular weight excluding hydrogens is 577 g/mol. The average Bonchev–Trinajstić information content (AvgIpc) is 2.78. The van der Waals surface area contributed by atoms with Crippen molar-refractivity contribution in [2.24, 2.45) is 0 Å². The molecule has 0 aliphatic heterocycles. The molecular formula is C24H30BrCl2N3O4S. The van der Waals surface area contributed by atoms with Crippen LogP contribution in [0.1, 0.15) is 39.2 Å². The third kappa shape index (κ3) is 8.10. The van der Waals surface area contributed by atoms with Crippen molar-refractivity contribution < 1.29 is 18.0 Å². The van der Waals surface area contributed by atoms with Crippen LogP contribution in [0.5, 0.6) is 0 Å². The van der Waals surface area contributed by atoms with Crippen LogP contribution in [-0.4, -0.2) is 50.0 Å². The molecule has 2 aromatic carbocycles. The van der Waals surface area contributed by atoms with Crippen molar-refractivity contribution in [3.05, 3.63) is 62.5 Å². The lowest BCUT2D eigenvalue weighted by atomic mass is 10.1. The Labute approximate surface area is 225 Å². The van der Waals surface area contributed by atoms with Gasteiger partial charge in [0.25, 0.3) is 0 Å². The van der Waals surface area contributed by atoms with Crippen molar-refractivity contribution in [1.82, 2.24) is 10.2 Å². The Hall–Kier alpha value is -1.81. The number of carbonyl (C=O) groups is 2. The predicted octanol–water partition coefficient (Wildman–Crippen LogP) is 5.24. The van der Waals surface area contributed by atoms with E-state index in [0.29, 0.717) is 32.2 Å². The van der Waals surface area contributed by atoms with Crippen LogP contribution < -0.4 is 9.62 Å². The summed E-state index contributed by atoms with van der Waals surface area (Å²) in [4.78, 5) is 28.2. The van der Waals surface area contributed by atoms with E-state index < -0.39 is 28.5 Å². The van der Waals surface area contributed by atoms with Crippen molar-refractivity contribution in [1.29, 1.82) is 0 Å². The first kappa shape index (κ1) is 29.4. The standard InChI is InChI=1S/C24H30BrCl2N3O4S/c1-5-16(3)28-24(32)22(6-2)29(14-19-20(26)11-8-12-21(19)27)23(31)15-30(35(4,33)34)18-10-7-9-17(25)13-18/h7-13,16,22H,5-6,14-15H2,1-4H3,(H,28,32)/t16-,22+/m0/s1. The molecule has 0 saturated heterocycles. The summed E-state index contributed by atoms with van der Waals surface area (Å²) in [6, 6.07) is 10.7. The fourth-order valence-electron chi connectivity index (χ4n) is 3.46. The minimum Gasteiger partial charge on any atom is -0.352 e. The van der Waals surface area contributed by atoms with Gasteiger partial charge in [0.1, 0.15) is 12.6 Å². The first-order valence-electron chi connectivity index (χ1n) is 11.1. The first-order valence-corrected chi connectivity index (χ1v) is 14.5. The molecule has 35 heavy (non-hydrogen) atoms. The summed E-state index contributed by atoms with van der Waals surface area (Å²) in [5.41, 5.74) is 0.801. The SMILES string of the molecule is CC[C@H](C(=O)N[C@@H](C)CC)N(Cc1c(Cl)cccc1Cl)C(=O)CN(c1cccc(Br)c1)S(C)(=O)=O. The number of amides is 2. The molecule has 0 saturated carbocycles. The summed E-state index contributed by atoms with van der Waals surface area (Å²) in [6.07, 6.45) is 2.06. The number of halogens is 3. The Bertz CT molecular complexity index is 1140. The van der Waals surface area contributed by atoms with Crippen molar-refractivity contribution in [3.8, 4) is 0 Å². The van der Waals surface area contributed by atoms with Crippen LogP contribution >= 0.6 is 39.1 Å². The highest BCUT2D eigenvalue weighted by molar-refractivity contribution is 9.10. The molecule has 2 amide bonds. The topological polar surface area (TPSA) is 86.8 Å². The second kappa shape index (κ2) is 12.9. The lowest BCUT2D eigenvalue weighted by Gasteiger charge is -2.33. The second-order valence-electron chi connectivity index (χ2n) is 8.21. The Balaban J connectivity index is 2.50. The van der Waals surface area contributed by atoms with E-state index in [4.69, 9.17) is 23.2 Å². The molecule has 0 fully saturated rings. The maximum absolute atomic E-state index is 13.7. The highest BCUT2D eigenvalue weighted by atomic mass is 79.9. The lowest BCUT2D eigenvalue weighted by Crippen LogP contribution is -2.53. The van der Waals surface area contributed by atoms with Crippen molar-refractivity contribution >= 4 is 66.7 Å². The molecule has 0 heterocycles. The number of carbonyl (C=O) groups excluding carboxylic acids is 2. The molecule has 2 aromatic rings. The summed E-state index contributed by atoms with van der Waals surface area (Å²) >= 11 is 16.1. The molecule has 0 spiro atoms. The molecule has 7 nitrogen and oxygen atoms in total. The number of sulfonamides is 1. The minimum atomic E-state index is -3.82. The van der Waals surface area contributed by atoms with Crippen LogP contribution in [0, 0.1) is 0 Å². The van der Waals surface area contributed by atoms with Gasteiger partial charge in [0, 0.05) is 32.7 Å². The number of hydrogen-bond donors (Lipinski definition) is 1. The number of benzene rings is 2. The molecule has 11 heteroatoms. The van der Waals surface area contributed by atoms with Crippen molar-refractivity contribution in [2.45, 2.75) is 52.2 Å². The number of nitrogens with one attached hydrogen (secondary N) is 1. The number of rotatable bonds is 11. The molecule has 0 unspecified atom stereocenters. The Morgan fingerprint density at radius 1 is 1.06 bits per heavy atom. The highest BCUT2D eigenvalue weighted by Gasteiger charge is 2.33. The molecule has 0 aliphatic carbocycles. The van der Waals surface area contributed by atoms with Crippen LogP contribution in [-0.2, 0) is 26.2 Å². The van der Waals surface area contributed by atoms with Crippen molar-refractivity contribution in [2.75, 3.05) is 17.1 Å². The van der Waals surface area contributed by atoms with Gasteiger partial charge in [0.2, 0.25) is 21.8 Å². The molecule has 0 aromatic heterocycles. The first-order chi connectivity index (χ1) is 16.4. The van der Waals surface area contributed by atoms with Crippen LogP contribution in [0.4, 0.5) is 5.69 Å². The maximum Gasteiger partial charge on any atom is 0.244 e.